The molecular formula is C10H12FeN4. The van der Waals surface area contributed by atoms with E-state index in [1.54, 1.807) is 46.6 Å². The topological polar surface area (TPSA) is 35.6 Å². The molecule has 2 aromatic rings. The third kappa shape index (κ3) is 5.00. The Morgan fingerprint density at radius 1 is 0.867 bits per heavy atom. The van der Waals surface area contributed by atoms with Gasteiger partial charge < -0.3 is 9.13 Å². The third-order valence-corrected chi connectivity index (χ3v) is 1.47. The quantitative estimate of drug-likeness (QED) is 0.757. The average Bonchev–Trinajstić information content (AvgIpc) is 2.92. The molecule has 0 unspecified atom stereocenters. The van der Waals surface area contributed by atoms with Crippen LogP contribution in [0.3, 0.4) is 0 Å². The van der Waals surface area contributed by atoms with Crippen molar-refractivity contribution >= 4 is 12.4 Å². The number of nitrogens with zero attached hydrogens (tertiary/aromatic N) is 4. The maximum Gasteiger partial charge on any atom is 0.0986 e. The van der Waals surface area contributed by atoms with Crippen molar-refractivity contribution in [2.45, 2.75) is 0 Å². The Kier molecular flexibility index (Phi) is 6.97. The molecule has 0 bridgehead atoms. The summed E-state index contributed by atoms with van der Waals surface area (Å²) in [6, 6.07) is 0. The van der Waals surface area contributed by atoms with E-state index in [9.17, 15) is 0 Å². The van der Waals surface area contributed by atoms with Crippen LogP contribution in [0.2, 0.25) is 0 Å². The molecule has 0 saturated carbocycles. The summed E-state index contributed by atoms with van der Waals surface area (Å²) in [7, 11) is 0. The van der Waals surface area contributed by atoms with Gasteiger partial charge in [-0.2, -0.15) is 0 Å². The van der Waals surface area contributed by atoms with Crippen LogP contribution in [0.15, 0.2) is 50.6 Å². The predicted molar refractivity (Wildman–Crippen MR) is 57.2 cm³/mol. The molecule has 0 aliphatic carbocycles. The Balaban J connectivity index is 0.000000245. The summed E-state index contributed by atoms with van der Waals surface area (Å²) in [6.45, 7) is 7.05. The van der Waals surface area contributed by atoms with Crippen molar-refractivity contribution in [2.24, 2.45) is 0 Å². The fourth-order valence-electron chi connectivity index (χ4n) is 0.755. The first-order valence-electron chi connectivity index (χ1n) is 4.07. The van der Waals surface area contributed by atoms with Gasteiger partial charge in [0, 0.05) is 54.3 Å². The fourth-order valence-corrected chi connectivity index (χ4v) is 0.755. The van der Waals surface area contributed by atoms with Gasteiger partial charge in [0.1, 0.15) is 0 Å². The van der Waals surface area contributed by atoms with Crippen molar-refractivity contribution in [3.05, 3.63) is 50.6 Å². The van der Waals surface area contributed by atoms with Gasteiger partial charge in [-0.05, 0) is 0 Å². The second kappa shape index (κ2) is 7.79. The van der Waals surface area contributed by atoms with Crippen LogP contribution in [0.25, 0.3) is 12.4 Å². The van der Waals surface area contributed by atoms with Crippen LogP contribution in [0, 0.1) is 0 Å². The first kappa shape index (κ1) is 13.4. The van der Waals surface area contributed by atoms with Crippen molar-refractivity contribution in [2.75, 3.05) is 0 Å². The summed E-state index contributed by atoms with van der Waals surface area (Å²) in [5.41, 5.74) is 0. The SMILES string of the molecule is C=Cn1ccnc1.C=Cn1ccnc1.[Fe]. The van der Waals surface area contributed by atoms with Gasteiger partial charge in [0.2, 0.25) is 0 Å². The molecule has 2 rings (SSSR count). The van der Waals surface area contributed by atoms with Crippen molar-refractivity contribution in [1.82, 2.24) is 19.1 Å². The molecule has 2 aromatic heterocycles. The van der Waals surface area contributed by atoms with Gasteiger partial charge in [-0.3, -0.25) is 0 Å². The molecule has 0 aliphatic heterocycles. The summed E-state index contributed by atoms with van der Waals surface area (Å²) in [5.74, 6) is 0. The second-order valence-corrected chi connectivity index (χ2v) is 2.38. The van der Waals surface area contributed by atoms with E-state index in [0.717, 1.165) is 0 Å². The number of hydrogen-bond acceptors (Lipinski definition) is 2. The maximum absolute atomic E-state index is 3.78. The van der Waals surface area contributed by atoms with Crippen molar-refractivity contribution in [3.63, 3.8) is 0 Å². The van der Waals surface area contributed by atoms with Crippen LogP contribution < -0.4 is 0 Å². The maximum atomic E-state index is 3.78. The van der Waals surface area contributed by atoms with Crippen LogP contribution >= 0.6 is 0 Å². The molecule has 15 heavy (non-hydrogen) atoms. The molecule has 0 aromatic carbocycles. The molecule has 0 spiro atoms. The van der Waals surface area contributed by atoms with Crippen LogP contribution in [0.1, 0.15) is 0 Å². The monoisotopic (exact) mass is 244 g/mol. The average molecular weight is 244 g/mol. The minimum absolute atomic E-state index is 0. The minimum atomic E-state index is 0. The van der Waals surface area contributed by atoms with Gasteiger partial charge in [-0.15, -0.1) is 0 Å². The number of imidazole rings is 2. The zero-order valence-electron chi connectivity index (χ0n) is 8.18. The summed E-state index contributed by atoms with van der Waals surface area (Å²) in [5, 5.41) is 0. The molecule has 5 heteroatoms. The number of aromatic nitrogens is 4. The van der Waals surface area contributed by atoms with Crippen LogP contribution in [0.5, 0.6) is 0 Å². The van der Waals surface area contributed by atoms with Gasteiger partial charge in [-0.25, -0.2) is 9.97 Å². The van der Waals surface area contributed by atoms with Crippen molar-refractivity contribution < 1.29 is 17.1 Å². The van der Waals surface area contributed by atoms with E-state index in [-0.39, 0.29) is 17.1 Å². The largest absolute Gasteiger partial charge is 0.314 e. The Labute approximate surface area is 99.4 Å². The molecule has 0 radical (unpaired) electrons. The van der Waals surface area contributed by atoms with Crippen LogP contribution in [-0.4, -0.2) is 19.1 Å². The molecule has 0 saturated heterocycles. The third-order valence-electron chi connectivity index (χ3n) is 1.47. The van der Waals surface area contributed by atoms with Gasteiger partial charge in [0.05, 0.1) is 12.7 Å². The Morgan fingerprint density at radius 2 is 1.27 bits per heavy atom. The zero-order chi connectivity index (χ0) is 10.2. The van der Waals surface area contributed by atoms with E-state index in [4.69, 9.17) is 0 Å². The van der Waals surface area contributed by atoms with Crippen molar-refractivity contribution in [1.29, 1.82) is 0 Å². The summed E-state index contributed by atoms with van der Waals surface area (Å²) in [6.07, 6.45) is 13.8. The first-order chi connectivity index (χ1) is 6.86. The Hall–Kier alpha value is -1.58. The molecule has 0 aliphatic rings. The Morgan fingerprint density at radius 3 is 1.40 bits per heavy atom. The zero-order valence-corrected chi connectivity index (χ0v) is 9.28. The summed E-state index contributed by atoms with van der Waals surface area (Å²) in [4.78, 5) is 7.57. The first-order valence-corrected chi connectivity index (χ1v) is 4.07. The van der Waals surface area contributed by atoms with Gasteiger partial charge in [0.15, 0.2) is 0 Å². The molecule has 2 heterocycles. The molecule has 0 fully saturated rings. The van der Waals surface area contributed by atoms with Gasteiger partial charge >= 0.3 is 0 Å². The smallest absolute Gasteiger partial charge is 0.0986 e. The fraction of sp³-hybridized carbons (Fsp3) is 0. The van der Waals surface area contributed by atoms with E-state index in [2.05, 4.69) is 23.1 Å². The molecule has 4 nitrogen and oxygen atoms in total. The van der Waals surface area contributed by atoms with Crippen molar-refractivity contribution in [3.8, 4) is 0 Å². The van der Waals surface area contributed by atoms with E-state index >= 15 is 0 Å². The van der Waals surface area contributed by atoms with Gasteiger partial charge in [0.25, 0.3) is 0 Å². The van der Waals surface area contributed by atoms with E-state index in [1.807, 2.05) is 12.4 Å². The van der Waals surface area contributed by atoms with Gasteiger partial charge in [-0.1, -0.05) is 13.2 Å². The second-order valence-electron chi connectivity index (χ2n) is 2.38. The standard InChI is InChI=1S/2C5H6N2.Fe/c2*1-2-7-4-3-6-5-7;/h2*2-5H,1H2;. The number of hydrogen-bond donors (Lipinski definition) is 0. The Bertz CT molecular complexity index is 326. The van der Waals surface area contributed by atoms with E-state index in [1.165, 1.54) is 0 Å². The molecule has 0 N–H and O–H groups in total. The molecule has 80 valence electrons. The molecular weight excluding hydrogens is 232 g/mol. The summed E-state index contributed by atoms with van der Waals surface area (Å²) < 4.78 is 3.56. The molecule has 0 amide bonds. The van der Waals surface area contributed by atoms with Crippen LogP contribution in [-0.2, 0) is 17.1 Å². The minimum Gasteiger partial charge on any atom is -0.314 e. The number of rotatable bonds is 2. The van der Waals surface area contributed by atoms with Crippen LogP contribution in [0.4, 0.5) is 0 Å². The normalized spacial score (nSPS) is 8.00. The predicted octanol–water partition coefficient (Wildman–Crippen LogP) is 1.96. The summed E-state index contributed by atoms with van der Waals surface area (Å²) >= 11 is 0. The van der Waals surface area contributed by atoms with E-state index < -0.39 is 0 Å². The van der Waals surface area contributed by atoms with E-state index in [0.29, 0.717) is 0 Å². The molecule has 0 atom stereocenters.